The van der Waals surface area contributed by atoms with Crippen LogP contribution >= 0.6 is 0 Å². The predicted molar refractivity (Wildman–Crippen MR) is 102 cm³/mol. The number of halogens is 1. The van der Waals surface area contributed by atoms with Crippen LogP contribution < -0.4 is 21.5 Å². The van der Waals surface area contributed by atoms with E-state index in [0.29, 0.717) is 0 Å². The predicted octanol–water partition coefficient (Wildman–Crippen LogP) is 2.88. The van der Waals surface area contributed by atoms with Gasteiger partial charge in [-0.1, -0.05) is 82.7 Å². The lowest BCUT2D eigenvalue weighted by Gasteiger charge is -2.02. The summed E-state index contributed by atoms with van der Waals surface area (Å²) in [7, 11) is 0. The molecular formula is C21H37BrN2O. The summed E-state index contributed by atoms with van der Waals surface area (Å²) in [6.07, 6.45) is 23.7. The summed E-state index contributed by atoms with van der Waals surface area (Å²) in [5.41, 5.74) is 0.930. The van der Waals surface area contributed by atoms with Gasteiger partial charge < -0.3 is 22.2 Å². The molecule has 1 N–H and O–H groups in total. The molecular weight excluding hydrogens is 376 g/mol. The van der Waals surface area contributed by atoms with Crippen LogP contribution in [-0.2, 0) is 6.54 Å². The van der Waals surface area contributed by atoms with Gasteiger partial charge in [0.05, 0.1) is 6.21 Å². The SMILES string of the molecule is CCCCCCCCCCCCCCC[n+]1ccc(/C=N\O)cc1.[Br-]. The fraction of sp³-hybridized carbons (Fsp3) is 0.714. The summed E-state index contributed by atoms with van der Waals surface area (Å²) < 4.78 is 2.20. The molecule has 0 radical (unpaired) electrons. The summed E-state index contributed by atoms with van der Waals surface area (Å²) in [5, 5.41) is 11.5. The molecule has 0 saturated heterocycles. The van der Waals surface area contributed by atoms with Crippen LogP contribution in [0.4, 0.5) is 0 Å². The Bertz CT molecular complexity index is 420. The zero-order valence-electron chi connectivity index (χ0n) is 16.0. The Morgan fingerprint density at radius 2 is 1.24 bits per heavy atom. The van der Waals surface area contributed by atoms with Crippen molar-refractivity contribution in [2.75, 3.05) is 0 Å². The number of hydrogen-bond donors (Lipinski definition) is 1. The lowest BCUT2D eigenvalue weighted by molar-refractivity contribution is -0.697. The lowest BCUT2D eigenvalue weighted by atomic mass is 10.0. The van der Waals surface area contributed by atoms with Crippen molar-refractivity contribution in [2.24, 2.45) is 5.16 Å². The Hall–Kier alpha value is -0.900. The van der Waals surface area contributed by atoms with E-state index in [0.717, 1.165) is 12.1 Å². The van der Waals surface area contributed by atoms with E-state index < -0.39 is 0 Å². The first kappa shape index (κ1) is 24.1. The summed E-state index contributed by atoms with van der Waals surface area (Å²) in [5.74, 6) is 0. The van der Waals surface area contributed by atoms with Crippen LogP contribution in [0.3, 0.4) is 0 Å². The van der Waals surface area contributed by atoms with Gasteiger partial charge >= 0.3 is 0 Å². The molecule has 1 heterocycles. The first-order valence-corrected chi connectivity index (χ1v) is 10.0. The number of nitrogens with zero attached hydrogens (tertiary/aromatic N) is 2. The molecule has 0 spiro atoms. The molecule has 0 fully saturated rings. The molecule has 144 valence electrons. The van der Waals surface area contributed by atoms with E-state index in [-0.39, 0.29) is 17.0 Å². The molecule has 3 nitrogen and oxygen atoms in total. The smallest absolute Gasteiger partial charge is 0.169 e. The van der Waals surface area contributed by atoms with E-state index in [1.807, 2.05) is 12.1 Å². The van der Waals surface area contributed by atoms with Gasteiger partial charge in [0.15, 0.2) is 12.4 Å². The maximum absolute atomic E-state index is 8.49. The Morgan fingerprint density at radius 3 is 1.68 bits per heavy atom. The number of pyridine rings is 1. The molecule has 25 heavy (non-hydrogen) atoms. The van der Waals surface area contributed by atoms with Gasteiger partial charge in [0.1, 0.15) is 6.54 Å². The van der Waals surface area contributed by atoms with Crippen LogP contribution in [0.1, 0.15) is 96.0 Å². The third-order valence-corrected chi connectivity index (χ3v) is 4.64. The second-order valence-corrected chi connectivity index (χ2v) is 6.86. The van der Waals surface area contributed by atoms with Crippen molar-refractivity contribution in [2.45, 2.75) is 96.9 Å². The summed E-state index contributed by atoms with van der Waals surface area (Å²) in [4.78, 5) is 0. The first-order valence-electron chi connectivity index (χ1n) is 10.0. The third kappa shape index (κ3) is 14.0. The van der Waals surface area contributed by atoms with E-state index in [9.17, 15) is 0 Å². The van der Waals surface area contributed by atoms with Crippen molar-refractivity contribution in [3.8, 4) is 0 Å². The van der Waals surface area contributed by atoms with Gasteiger partial charge in [-0.3, -0.25) is 0 Å². The minimum atomic E-state index is 0. The van der Waals surface area contributed by atoms with Crippen molar-refractivity contribution in [3.63, 3.8) is 0 Å². The van der Waals surface area contributed by atoms with E-state index in [4.69, 9.17) is 5.21 Å². The van der Waals surface area contributed by atoms with Crippen LogP contribution in [0.5, 0.6) is 0 Å². The van der Waals surface area contributed by atoms with Gasteiger partial charge in [0.25, 0.3) is 0 Å². The normalized spacial score (nSPS) is 10.9. The molecule has 4 heteroatoms. The average molecular weight is 413 g/mol. The minimum Gasteiger partial charge on any atom is -1.00 e. The van der Waals surface area contributed by atoms with Crippen molar-refractivity contribution in [1.29, 1.82) is 0 Å². The quantitative estimate of drug-likeness (QED) is 0.155. The van der Waals surface area contributed by atoms with Crippen LogP contribution in [-0.4, -0.2) is 11.4 Å². The van der Waals surface area contributed by atoms with Gasteiger partial charge in [-0.05, 0) is 6.42 Å². The Kier molecular flexibility index (Phi) is 17.3. The molecule has 0 aliphatic carbocycles. The van der Waals surface area contributed by atoms with E-state index in [2.05, 4.69) is 29.0 Å². The number of unbranched alkanes of at least 4 members (excludes halogenated alkanes) is 12. The van der Waals surface area contributed by atoms with E-state index in [1.54, 1.807) is 0 Å². The minimum absolute atomic E-state index is 0. The van der Waals surface area contributed by atoms with Crippen molar-refractivity contribution >= 4 is 6.21 Å². The van der Waals surface area contributed by atoms with Crippen molar-refractivity contribution in [1.82, 2.24) is 0 Å². The monoisotopic (exact) mass is 412 g/mol. The van der Waals surface area contributed by atoms with Gasteiger partial charge in [0, 0.05) is 24.1 Å². The van der Waals surface area contributed by atoms with Crippen LogP contribution in [0.25, 0.3) is 0 Å². The van der Waals surface area contributed by atoms with Gasteiger partial charge in [-0.25, -0.2) is 4.57 Å². The number of aromatic nitrogens is 1. The first-order chi connectivity index (χ1) is 11.9. The highest BCUT2D eigenvalue weighted by Crippen LogP contribution is 2.12. The molecule has 0 aromatic carbocycles. The average Bonchev–Trinajstić information content (AvgIpc) is 2.60. The maximum atomic E-state index is 8.49. The number of hydrogen-bond acceptors (Lipinski definition) is 2. The molecule has 1 aromatic rings. The summed E-state index contributed by atoms with van der Waals surface area (Å²) >= 11 is 0. The van der Waals surface area contributed by atoms with Crippen LogP contribution in [0.2, 0.25) is 0 Å². The molecule has 0 atom stereocenters. The Balaban J connectivity index is 0.00000576. The number of aryl methyl sites for hydroxylation is 1. The Labute approximate surface area is 165 Å². The molecule has 0 bridgehead atoms. The zero-order valence-corrected chi connectivity index (χ0v) is 17.6. The van der Waals surface area contributed by atoms with Crippen LogP contribution in [0.15, 0.2) is 29.7 Å². The molecule has 0 unspecified atom stereocenters. The number of oxime groups is 1. The molecule has 0 amide bonds. The summed E-state index contributed by atoms with van der Waals surface area (Å²) in [6.45, 7) is 3.36. The Morgan fingerprint density at radius 1 is 0.800 bits per heavy atom. The number of rotatable bonds is 15. The maximum Gasteiger partial charge on any atom is 0.169 e. The second kappa shape index (κ2) is 17.9. The van der Waals surface area contributed by atoms with Gasteiger partial charge in [0.2, 0.25) is 0 Å². The van der Waals surface area contributed by atoms with Gasteiger partial charge in [-0.2, -0.15) is 0 Å². The van der Waals surface area contributed by atoms with Crippen molar-refractivity contribution < 1.29 is 26.8 Å². The molecule has 1 aromatic heterocycles. The highest BCUT2D eigenvalue weighted by molar-refractivity contribution is 5.78. The summed E-state index contributed by atoms with van der Waals surface area (Å²) in [6, 6.07) is 3.95. The van der Waals surface area contributed by atoms with E-state index >= 15 is 0 Å². The molecule has 0 aliphatic rings. The molecule has 1 rings (SSSR count). The third-order valence-electron chi connectivity index (χ3n) is 4.64. The lowest BCUT2D eigenvalue weighted by Crippen LogP contribution is -3.00. The van der Waals surface area contributed by atoms with Crippen LogP contribution in [0, 0.1) is 0 Å². The van der Waals surface area contributed by atoms with E-state index in [1.165, 1.54) is 89.7 Å². The van der Waals surface area contributed by atoms with Crippen molar-refractivity contribution in [3.05, 3.63) is 30.1 Å². The fourth-order valence-corrected chi connectivity index (χ4v) is 3.08. The largest absolute Gasteiger partial charge is 1.00 e. The standard InChI is InChI=1S/C21H36N2O.BrH/c1-2-3-4-5-6-7-8-9-10-11-12-13-14-17-23-18-15-21(16-19-23)20-22-24;/h15-16,18-20H,2-14,17H2,1H3;1H. The zero-order chi connectivity index (χ0) is 17.3. The fourth-order valence-electron chi connectivity index (χ4n) is 3.08. The molecule has 0 aliphatic heterocycles. The molecule has 0 saturated carbocycles. The topological polar surface area (TPSA) is 36.5 Å². The second-order valence-electron chi connectivity index (χ2n) is 6.86. The highest BCUT2D eigenvalue weighted by Gasteiger charge is 2.00. The highest BCUT2D eigenvalue weighted by atomic mass is 79.9. The van der Waals surface area contributed by atoms with Gasteiger partial charge in [-0.15, -0.1) is 0 Å².